The summed E-state index contributed by atoms with van der Waals surface area (Å²) in [6.07, 6.45) is 2.32. The monoisotopic (exact) mass is 606 g/mol. The molecule has 16 heteroatoms. The van der Waals surface area contributed by atoms with Crippen molar-refractivity contribution < 1.29 is 26.7 Å². The fourth-order valence-electron chi connectivity index (χ4n) is 5.51. The molecule has 1 aromatic carbocycles. The number of fused-ring (bicyclic) bond motifs is 3. The van der Waals surface area contributed by atoms with Crippen LogP contribution in [0.2, 0.25) is 0 Å². The average molecular weight is 607 g/mol. The van der Waals surface area contributed by atoms with E-state index in [1.807, 2.05) is 11.8 Å². The summed E-state index contributed by atoms with van der Waals surface area (Å²) >= 11 is 0.719. The van der Waals surface area contributed by atoms with Crippen LogP contribution in [0, 0.1) is 5.41 Å². The molecule has 5 heterocycles. The van der Waals surface area contributed by atoms with Gasteiger partial charge in [0.25, 0.3) is 6.43 Å². The van der Waals surface area contributed by atoms with Crippen molar-refractivity contribution in [2.75, 3.05) is 44.3 Å². The van der Waals surface area contributed by atoms with Crippen molar-refractivity contribution >= 4 is 49.8 Å². The van der Waals surface area contributed by atoms with E-state index in [9.17, 15) is 22.0 Å². The number of amides is 1. The summed E-state index contributed by atoms with van der Waals surface area (Å²) < 4.78 is 65.5. The molecular weight excluding hydrogens is 578 g/mol. The van der Waals surface area contributed by atoms with E-state index in [-0.39, 0.29) is 34.6 Å². The topological polar surface area (TPSA) is 127 Å². The molecule has 7 rings (SSSR count). The Morgan fingerprint density at radius 2 is 1.85 bits per heavy atom. The molecule has 2 saturated heterocycles. The molecule has 12 nitrogen and oxygen atoms in total. The third kappa shape index (κ3) is 4.38. The minimum atomic E-state index is -4.01. The maximum absolute atomic E-state index is 13.7. The Labute approximate surface area is 238 Å². The van der Waals surface area contributed by atoms with E-state index in [1.54, 1.807) is 34.4 Å². The fraction of sp³-hybridized carbons (Fsp3) is 0.520. The zero-order valence-corrected chi connectivity index (χ0v) is 24.0. The Balaban J connectivity index is 1.37. The third-order valence-corrected chi connectivity index (χ3v) is 10.6. The number of alkyl halides is 2. The highest BCUT2D eigenvalue weighted by molar-refractivity contribution is 7.89. The van der Waals surface area contributed by atoms with Gasteiger partial charge in [-0.05, 0) is 31.9 Å². The fourth-order valence-corrected chi connectivity index (χ4v) is 7.64. The van der Waals surface area contributed by atoms with E-state index in [4.69, 9.17) is 4.74 Å². The van der Waals surface area contributed by atoms with Crippen molar-refractivity contribution in [3.8, 4) is 5.13 Å². The lowest BCUT2D eigenvalue weighted by atomic mass is 10.0. The minimum Gasteiger partial charge on any atom is -0.377 e. The molecule has 1 saturated carbocycles. The second-order valence-corrected chi connectivity index (χ2v) is 14.1. The summed E-state index contributed by atoms with van der Waals surface area (Å²) in [7, 11) is -4.01. The number of benzene rings is 1. The first-order valence-corrected chi connectivity index (χ1v) is 15.6. The maximum Gasteiger partial charge on any atom is 0.291 e. The van der Waals surface area contributed by atoms with Crippen LogP contribution in [0.3, 0.4) is 0 Å². The van der Waals surface area contributed by atoms with E-state index in [1.165, 1.54) is 6.07 Å². The first-order chi connectivity index (χ1) is 19.5. The predicted octanol–water partition coefficient (Wildman–Crippen LogP) is 2.58. The maximum atomic E-state index is 13.7. The second-order valence-electron chi connectivity index (χ2n) is 11.5. The summed E-state index contributed by atoms with van der Waals surface area (Å²) in [5.41, 5.74) is 0.707. The average Bonchev–Trinajstić information content (AvgIpc) is 3.28. The number of carbonyl (C=O) groups excluding carboxylic acids is 1. The van der Waals surface area contributed by atoms with Gasteiger partial charge in [0, 0.05) is 44.0 Å². The van der Waals surface area contributed by atoms with Crippen LogP contribution in [0.4, 0.5) is 14.5 Å². The van der Waals surface area contributed by atoms with Gasteiger partial charge in [-0.1, -0.05) is 18.3 Å². The highest BCUT2D eigenvalue weighted by atomic mass is 32.2. The lowest BCUT2D eigenvalue weighted by Gasteiger charge is -2.39. The zero-order valence-electron chi connectivity index (χ0n) is 22.4. The second kappa shape index (κ2) is 9.14. The molecule has 1 amide bonds. The van der Waals surface area contributed by atoms with Gasteiger partial charge >= 0.3 is 0 Å². The molecule has 0 radical (unpaired) electrons. The normalized spacial score (nSPS) is 20.2. The Kier molecular flexibility index (Phi) is 5.95. The number of sulfonamides is 1. The molecule has 218 valence electrons. The number of ether oxygens (including phenoxy) is 1. The summed E-state index contributed by atoms with van der Waals surface area (Å²) in [6, 6.07) is 3.14. The lowest BCUT2D eigenvalue weighted by molar-refractivity contribution is -0.136. The summed E-state index contributed by atoms with van der Waals surface area (Å²) in [5.74, 6) is 0.545. The number of aromatic nitrogens is 5. The Morgan fingerprint density at radius 3 is 2.46 bits per heavy atom. The van der Waals surface area contributed by atoms with Gasteiger partial charge in [0.15, 0.2) is 5.01 Å². The summed E-state index contributed by atoms with van der Waals surface area (Å²) in [5, 5.41) is 7.33. The summed E-state index contributed by atoms with van der Waals surface area (Å²) in [4.78, 5) is 21.4. The Morgan fingerprint density at radius 1 is 1.12 bits per heavy atom. The standard InChI is InChI=1S/C25H28F2N8O4S2/c1-24(3-4-24)21(36)33-9-7-32(8-10-33)16-11-15(41(37,38)31-25(2)13-39-14-25)12-17-18(16)34-6-5-28-22(34)35(17)23-30-29-20(40-23)19(26)27/h5-6,11-12,19,31H,3-4,7-10,13-14H2,1-2H3. The Bertz CT molecular complexity index is 1780. The quantitative estimate of drug-likeness (QED) is 0.340. The molecule has 1 aliphatic carbocycles. The van der Waals surface area contributed by atoms with Gasteiger partial charge in [-0.3, -0.25) is 13.8 Å². The van der Waals surface area contributed by atoms with Crippen molar-refractivity contribution in [1.82, 2.24) is 33.8 Å². The van der Waals surface area contributed by atoms with Crippen LogP contribution in [0.5, 0.6) is 0 Å². The number of halogens is 2. The zero-order chi connectivity index (χ0) is 28.7. The highest BCUT2D eigenvalue weighted by Crippen LogP contribution is 2.47. The van der Waals surface area contributed by atoms with Crippen molar-refractivity contribution in [2.45, 2.75) is 43.5 Å². The van der Waals surface area contributed by atoms with Gasteiger partial charge in [0.2, 0.25) is 26.8 Å². The molecule has 0 spiro atoms. The molecule has 0 atom stereocenters. The number of rotatable bonds is 7. The number of hydrogen-bond acceptors (Lipinski definition) is 9. The lowest BCUT2D eigenvalue weighted by Crippen LogP contribution is -2.59. The van der Waals surface area contributed by atoms with Gasteiger partial charge < -0.3 is 14.5 Å². The van der Waals surface area contributed by atoms with Gasteiger partial charge in [0.1, 0.15) is 0 Å². The number of piperazine rings is 1. The smallest absolute Gasteiger partial charge is 0.291 e. The van der Waals surface area contributed by atoms with Gasteiger partial charge in [-0.25, -0.2) is 26.9 Å². The number of anilines is 1. The highest BCUT2D eigenvalue weighted by Gasteiger charge is 2.47. The van der Waals surface area contributed by atoms with Crippen LogP contribution in [-0.4, -0.2) is 88.3 Å². The number of nitrogens with zero attached hydrogens (tertiary/aromatic N) is 7. The van der Waals surface area contributed by atoms with E-state index in [0.717, 1.165) is 24.2 Å². The molecular formula is C25H28F2N8O4S2. The van der Waals surface area contributed by atoms with Crippen molar-refractivity contribution in [3.05, 3.63) is 29.5 Å². The first kappa shape index (κ1) is 26.7. The molecule has 3 fully saturated rings. The number of nitrogens with one attached hydrogen (secondary N) is 1. The van der Waals surface area contributed by atoms with Crippen LogP contribution in [-0.2, 0) is 19.6 Å². The van der Waals surface area contributed by atoms with E-state index in [0.29, 0.717) is 48.7 Å². The molecule has 3 aromatic heterocycles. The molecule has 3 aliphatic rings. The van der Waals surface area contributed by atoms with Crippen molar-refractivity contribution in [2.24, 2.45) is 5.41 Å². The summed E-state index contributed by atoms with van der Waals surface area (Å²) in [6.45, 7) is 6.26. The van der Waals surface area contributed by atoms with Crippen LogP contribution in [0.15, 0.2) is 29.4 Å². The van der Waals surface area contributed by atoms with Gasteiger partial charge in [-0.2, -0.15) is 0 Å². The minimum absolute atomic E-state index is 0.0118. The number of carbonyl (C=O) groups is 1. The molecule has 41 heavy (non-hydrogen) atoms. The predicted molar refractivity (Wildman–Crippen MR) is 146 cm³/mol. The first-order valence-electron chi connectivity index (χ1n) is 13.3. The largest absolute Gasteiger partial charge is 0.377 e. The van der Waals surface area contributed by atoms with E-state index >= 15 is 0 Å². The number of imidazole rings is 2. The van der Waals surface area contributed by atoms with Crippen LogP contribution >= 0.6 is 11.3 Å². The van der Waals surface area contributed by atoms with Crippen LogP contribution in [0.1, 0.15) is 38.1 Å². The van der Waals surface area contributed by atoms with Gasteiger partial charge in [0.05, 0.1) is 40.4 Å². The third-order valence-electron chi connectivity index (χ3n) is 8.11. The molecule has 2 aliphatic heterocycles. The number of hydrogen-bond donors (Lipinski definition) is 1. The molecule has 0 bridgehead atoms. The van der Waals surface area contributed by atoms with Crippen molar-refractivity contribution in [3.63, 3.8) is 0 Å². The SMILES string of the molecule is CC1(NS(=O)(=O)c2cc(N3CCN(C(=O)C4(C)CC4)CC3)c3c(c2)n(-c2nnc(C(F)F)s2)c2nccn32)COC1. The Hall–Kier alpha value is -3.21. The van der Waals surface area contributed by atoms with Crippen LogP contribution in [0.25, 0.3) is 21.9 Å². The van der Waals surface area contributed by atoms with E-state index in [2.05, 4.69) is 24.8 Å². The van der Waals surface area contributed by atoms with E-state index < -0.39 is 27.0 Å². The van der Waals surface area contributed by atoms with Gasteiger partial charge in [-0.15, -0.1) is 10.2 Å². The molecule has 1 N–H and O–H groups in total. The molecule has 0 unspecified atom stereocenters. The molecule has 4 aromatic rings. The van der Waals surface area contributed by atoms with Crippen LogP contribution < -0.4 is 9.62 Å². The van der Waals surface area contributed by atoms with Crippen molar-refractivity contribution in [1.29, 1.82) is 0 Å².